The lowest BCUT2D eigenvalue weighted by atomic mass is 9.78. The van der Waals surface area contributed by atoms with Gasteiger partial charge in [0.25, 0.3) is 0 Å². The Hall–Kier alpha value is -1.06. The molecule has 20 heavy (non-hydrogen) atoms. The molecule has 0 bridgehead atoms. The maximum atomic E-state index is 12.8. The fourth-order valence-electron chi connectivity index (χ4n) is 3.45. The van der Waals surface area contributed by atoms with Gasteiger partial charge in [0.15, 0.2) is 0 Å². The Balaban J connectivity index is 2.17. The molecule has 4 nitrogen and oxygen atoms in total. The minimum Gasteiger partial charge on any atom is -0.342 e. The third-order valence-corrected chi connectivity index (χ3v) is 5.45. The Bertz CT molecular complexity index is 396. The van der Waals surface area contributed by atoms with Crippen LogP contribution in [-0.2, 0) is 9.59 Å². The summed E-state index contributed by atoms with van der Waals surface area (Å²) in [6, 6.07) is 0.312. The van der Waals surface area contributed by atoms with Crippen molar-refractivity contribution in [3.63, 3.8) is 0 Å². The first-order valence-electron chi connectivity index (χ1n) is 7.99. The maximum absolute atomic E-state index is 12.8. The van der Waals surface area contributed by atoms with Gasteiger partial charge < -0.3 is 10.2 Å². The average Bonchev–Trinajstić information content (AvgIpc) is 2.52. The van der Waals surface area contributed by atoms with Crippen molar-refractivity contribution < 1.29 is 9.59 Å². The normalized spacial score (nSPS) is 39.4. The SMILES string of the molecule is CCC1(C)NC(=O)CCN(C2CCC(C)C(C)C2)C1=O. The molecule has 2 fully saturated rings. The molecule has 1 aliphatic heterocycles. The van der Waals surface area contributed by atoms with E-state index in [1.165, 1.54) is 6.42 Å². The number of hydrogen-bond donors (Lipinski definition) is 1. The highest BCUT2D eigenvalue weighted by molar-refractivity contribution is 5.93. The fraction of sp³-hybridized carbons (Fsp3) is 0.875. The summed E-state index contributed by atoms with van der Waals surface area (Å²) in [5.74, 6) is 1.51. The second-order valence-corrected chi connectivity index (χ2v) is 6.90. The molecule has 1 saturated heterocycles. The van der Waals surface area contributed by atoms with Crippen LogP contribution < -0.4 is 5.32 Å². The number of hydrogen-bond acceptors (Lipinski definition) is 2. The summed E-state index contributed by atoms with van der Waals surface area (Å²) in [4.78, 5) is 26.7. The molecule has 2 aliphatic rings. The lowest BCUT2D eigenvalue weighted by Gasteiger charge is -2.41. The number of nitrogens with zero attached hydrogens (tertiary/aromatic N) is 1. The largest absolute Gasteiger partial charge is 0.342 e. The highest BCUT2D eigenvalue weighted by atomic mass is 16.2. The molecule has 4 heteroatoms. The quantitative estimate of drug-likeness (QED) is 0.844. The summed E-state index contributed by atoms with van der Waals surface area (Å²) < 4.78 is 0. The number of nitrogens with one attached hydrogen (secondary N) is 1. The highest BCUT2D eigenvalue weighted by Gasteiger charge is 2.42. The van der Waals surface area contributed by atoms with E-state index in [2.05, 4.69) is 19.2 Å². The summed E-state index contributed by atoms with van der Waals surface area (Å²) in [5, 5.41) is 2.91. The van der Waals surface area contributed by atoms with Crippen LogP contribution in [0.1, 0.15) is 59.8 Å². The first-order valence-corrected chi connectivity index (χ1v) is 7.99. The molecule has 1 N–H and O–H groups in total. The van der Waals surface area contributed by atoms with Gasteiger partial charge in [0.1, 0.15) is 5.54 Å². The van der Waals surface area contributed by atoms with Crippen LogP contribution in [0.3, 0.4) is 0 Å². The summed E-state index contributed by atoms with van der Waals surface area (Å²) in [7, 11) is 0. The smallest absolute Gasteiger partial charge is 0.248 e. The van der Waals surface area contributed by atoms with E-state index in [9.17, 15) is 9.59 Å². The molecule has 0 aromatic carbocycles. The zero-order chi connectivity index (χ0) is 14.9. The molecule has 1 saturated carbocycles. The molecule has 0 spiro atoms. The number of carbonyl (C=O) groups excluding carboxylic acids is 2. The van der Waals surface area contributed by atoms with Crippen LogP contribution in [0.2, 0.25) is 0 Å². The van der Waals surface area contributed by atoms with Gasteiger partial charge in [-0.1, -0.05) is 20.8 Å². The van der Waals surface area contributed by atoms with Crippen molar-refractivity contribution in [1.82, 2.24) is 10.2 Å². The molecular formula is C16H28N2O2. The van der Waals surface area contributed by atoms with Gasteiger partial charge in [-0.05, 0) is 44.4 Å². The molecular weight excluding hydrogens is 252 g/mol. The van der Waals surface area contributed by atoms with Gasteiger partial charge in [0.05, 0.1) is 0 Å². The van der Waals surface area contributed by atoms with Crippen molar-refractivity contribution in [3.05, 3.63) is 0 Å². The van der Waals surface area contributed by atoms with E-state index in [-0.39, 0.29) is 11.8 Å². The molecule has 0 aromatic rings. The minimum atomic E-state index is -0.722. The van der Waals surface area contributed by atoms with Gasteiger partial charge in [-0.25, -0.2) is 0 Å². The van der Waals surface area contributed by atoms with Crippen LogP contribution in [-0.4, -0.2) is 34.8 Å². The van der Waals surface area contributed by atoms with Crippen molar-refractivity contribution >= 4 is 11.8 Å². The van der Waals surface area contributed by atoms with E-state index in [4.69, 9.17) is 0 Å². The second kappa shape index (κ2) is 5.74. The van der Waals surface area contributed by atoms with Crippen molar-refractivity contribution in [2.45, 2.75) is 71.4 Å². The third kappa shape index (κ3) is 2.84. The predicted octanol–water partition coefficient (Wildman–Crippen LogP) is 2.33. The molecule has 0 aromatic heterocycles. The van der Waals surface area contributed by atoms with Crippen LogP contribution in [0.25, 0.3) is 0 Å². The van der Waals surface area contributed by atoms with Gasteiger partial charge in [-0.2, -0.15) is 0 Å². The van der Waals surface area contributed by atoms with Gasteiger partial charge in [-0.3, -0.25) is 9.59 Å². The second-order valence-electron chi connectivity index (χ2n) is 6.90. The summed E-state index contributed by atoms with van der Waals surface area (Å²) in [6.45, 7) is 8.98. The van der Waals surface area contributed by atoms with Crippen LogP contribution in [0.5, 0.6) is 0 Å². The van der Waals surface area contributed by atoms with E-state index in [0.717, 1.165) is 18.8 Å². The van der Waals surface area contributed by atoms with E-state index < -0.39 is 5.54 Å². The summed E-state index contributed by atoms with van der Waals surface area (Å²) in [5.41, 5.74) is -0.722. The minimum absolute atomic E-state index is 0.00225. The Morgan fingerprint density at radius 2 is 1.95 bits per heavy atom. The molecule has 4 unspecified atom stereocenters. The van der Waals surface area contributed by atoms with E-state index >= 15 is 0 Å². The lowest BCUT2D eigenvalue weighted by molar-refractivity contribution is -0.141. The monoisotopic (exact) mass is 280 g/mol. The summed E-state index contributed by atoms with van der Waals surface area (Å²) in [6.07, 6.45) is 4.40. The van der Waals surface area contributed by atoms with Gasteiger partial charge in [-0.15, -0.1) is 0 Å². The van der Waals surface area contributed by atoms with Crippen LogP contribution in [0, 0.1) is 11.8 Å². The molecule has 4 atom stereocenters. The summed E-state index contributed by atoms with van der Waals surface area (Å²) >= 11 is 0. The van der Waals surface area contributed by atoms with Crippen molar-refractivity contribution in [2.75, 3.05) is 6.54 Å². The van der Waals surface area contributed by atoms with Crippen LogP contribution in [0.4, 0.5) is 0 Å². The molecule has 114 valence electrons. The molecule has 0 radical (unpaired) electrons. The van der Waals surface area contributed by atoms with Gasteiger partial charge in [0, 0.05) is 19.0 Å². The fourth-order valence-corrected chi connectivity index (χ4v) is 3.45. The van der Waals surface area contributed by atoms with Crippen LogP contribution in [0.15, 0.2) is 0 Å². The zero-order valence-electron chi connectivity index (χ0n) is 13.2. The average molecular weight is 280 g/mol. The highest BCUT2D eigenvalue weighted by Crippen LogP contribution is 2.33. The zero-order valence-corrected chi connectivity index (χ0v) is 13.2. The molecule has 2 amide bonds. The van der Waals surface area contributed by atoms with Crippen LogP contribution >= 0.6 is 0 Å². The Morgan fingerprint density at radius 1 is 1.25 bits per heavy atom. The van der Waals surface area contributed by atoms with Gasteiger partial charge in [0.2, 0.25) is 11.8 Å². The van der Waals surface area contributed by atoms with E-state index in [1.54, 1.807) is 0 Å². The first kappa shape index (κ1) is 15.3. The Morgan fingerprint density at radius 3 is 2.55 bits per heavy atom. The molecule has 1 aliphatic carbocycles. The number of amides is 2. The third-order valence-electron chi connectivity index (χ3n) is 5.45. The van der Waals surface area contributed by atoms with Gasteiger partial charge >= 0.3 is 0 Å². The van der Waals surface area contributed by atoms with E-state index in [0.29, 0.717) is 31.3 Å². The Labute approximate surface area is 122 Å². The van der Waals surface area contributed by atoms with Crippen molar-refractivity contribution in [3.8, 4) is 0 Å². The predicted molar refractivity (Wildman–Crippen MR) is 79.1 cm³/mol. The van der Waals surface area contributed by atoms with Crippen molar-refractivity contribution in [2.24, 2.45) is 11.8 Å². The first-order chi connectivity index (χ1) is 9.37. The molecule has 1 heterocycles. The van der Waals surface area contributed by atoms with Crippen molar-refractivity contribution in [1.29, 1.82) is 0 Å². The topological polar surface area (TPSA) is 49.4 Å². The standard InChI is InChI=1S/C16H28N2O2/c1-5-16(4)15(20)18(9-8-14(19)17-16)13-7-6-11(2)12(3)10-13/h11-13H,5-10H2,1-4H3,(H,17,19). The molecule has 2 rings (SSSR count). The Kier molecular flexibility index (Phi) is 4.40. The lowest BCUT2D eigenvalue weighted by Crippen LogP contribution is -2.57. The number of rotatable bonds is 2. The number of carbonyl (C=O) groups is 2. The van der Waals surface area contributed by atoms with E-state index in [1.807, 2.05) is 18.7 Å². The maximum Gasteiger partial charge on any atom is 0.248 e.